The first kappa shape index (κ1) is 17.6. The lowest BCUT2D eigenvalue weighted by molar-refractivity contribution is -0.140. The number of fused-ring (bicyclic) bond motifs is 1. The standard InChI is InChI=1S/C15H17F3N6S/c1-14(2,3)13-21-20-10-5-6-11(22-24(10)13)23(4)7-12-19-9(8-25-12)15(16,17)18/h5-6,8H,7H2,1-4H3. The lowest BCUT2D eigenvalue weighted by Crippen LogP contribution is -2.21. The van der Waals surface area contributed by atoms with Crippen LogP contribution in [0.5, 0.6) is 0 Å². The maximum Gasteiger partial charge on any atom is 0.434 e. The Morgan fingerprint density at radius 1 is 1.16 bits per heavy atom. The number of anilines is 1. The van der Waals surface area contributed by atoms with Crippen molar-refractivity contribution in [3.63, 3.8) is 0 Å². The minimum atomic E-state index is -4.42. The minimum Gasteiger partial charge on any atom is -0.351 e. The summed E-state index contributed by atoms with van der Waals surface area (Å²) in [6.45, 7) is 6.26. The highest BCUT2D eigenvalue weighted by atomic mass is 32.1. The summed E-state index contributed by atoms with van der Waals surface area (Å²) >= 11 is 0.980. The molecule has 0 amide bonds. The van der Waals surface area contributed by atoms with E-state index in [2.05, 4.69) is 20.3 Å². The van der Waals surface area contributed by atoms with Crippen molar-refractivity contribution >= 4 is 22.8 Å². The molecule has 25 heavy (non-hydrogen) atoms. The van der Waals surface area contributed by atoms with Crippen LogP contribution in [-0.4, -0.2) is 31.8 Å². The molecule has 3 heterocycles. The summed E-state index contributed by atoms with van der Waals surface area (Å²) in [5.41, 5.74) is -0.477. The van der Waals surface area contributed by atoms with Crippen LogP contribution in [0, 0.1) is 0 Å². The van der Waals surface area contributed by atoms with E-state index >= 15 is 0 Å². The van der Waals surface area contributed by atoms with Gasteiger partial charge in [-0.05, 0) is 12.1 Å². The van der Waals surface area contributed by atoms with Crippen LogP contribution >= 0.6 is 11.3 Å². The molecular formula is C15H17F3N6S. The summed E-state index contributed by atoms with van der Waals surface area (Å²) in [4.78, 5) is 5.39. The largest absolute Gasteiger partial charge is 0.434 e. The third kappa shape index (κ3) is 3.58. The number of nitrogens with zero attached hydrogens (tertiary/aromatic N) is 6. The molecule has 0 aliphatic carbocycles. The maximum atomic E-state index is 12.7. The molecule has 0 aliphatic rings. The van der Waals surface area contributed by atoms with Crippen LogP contribution in [0.4, 0.5) is 19.0 Å². The summed E-state index contributed by atoms with van der Waals surface area (Å²) in [6.07, 6.45) is -4.42. The van der Waals surface area contributed by atoms with Crippen molar-refractivity contribution in [2.45, 2.75) is 38.9 Å². The average molecular weight is 370 g/mol. The van der Waals surface area contributed by atoms with Gasteiger partial charge in [-0.3, -0.25) is 0 Å². The van der Waals surface area contributed by atoms with Crippen molar-refractivity contribution < 1.29 is 13.2 Å². The first-order valence-electron chi connectivity index (χ1n) is 7.51. The minimum absolute atomic E-state index is 0.228. The third-order valence-corrected chi connectivity index (χ3v) is 4.36. The molecule has 0 radical (unpaired) electrons. The number of alkyl halides is 3. The van der Waals surface area contributed by atoms with Crippen molar-refractivity contribution in [3.8, 4) is 0 Å². The van der Waals surface area contributed by atoms with Crippen LogP contribution < -0.4 is 4.90 Å². The number of thiazole rings is 1. The molecule has 10 heteroatoms. The van der Waals surface area contributed by atoms with Gasteiger partial charge in [0.1, 0.15) is 10.8 Å². The van der Waals surface area contributed by atoms with E-state index in [1.165, 1.54) is 0 Å². The molecule has 6 nitrogen and oxygen atoms in total. The van der Waals surface area contributed by atoms with Crippen molar-refractivity contribution in [1.29, 1.82) is 0 Å². The zero-order valence-corrected chi connectivity index (χ0v) is 15.0. The highest BCUT2D eigenvalue weighted by Gasteiger charge is 2.33. The summed E-state index contributed by atoms with van der Waals surface area (Å²) in [5.74, 6) is 1.31. The van der Waals surface area contributed by atoms with Gasteiger partial charge in [0.05, 0.1) is 6.54 Å². The van der Waals surface area contributed by atoms with Crippen LogP contribution in [0.3, 0.4) is 0 Å². The molecule has 0 aromatic carbocycles. The van der Waals surface area contributed by atoms with Gasteiger partial charge < -0.3 is 4.90 Å². The van der Waals surface area contributed by atoms with E-state index in [0.717, 1.165) is 16.7 Å². The molecule has 0 unspecified atom stereocenters. The Morgan fingerprint density at radius 2 is 1.88 bits per heavy atom. The monoisotopic (exact) mass is 370 g/mol. The Kier molecular flexibility index (Phi) is 4.18. The second kappa shape index (κ2) is 5.94. The van der Waals surface area contributed by atoms with Crippen molar-refractivity contribution in [1.82, 2.24) is 24.8 Å². The molecule has 3 rings (SSSR count). The van der Waals surface area contributed by atoms with Gasteiger partial charge in [-0.15, -0.1) is 26.6 Å². The van der Waals surface area contributed by atoms with Crippen molar-refractivity contribution in [3.05, 3.63) is 34.0 Å². The highest BCUT2D eigenvalue weighted by Crippen LogP contribution is 2.30. The average Bonchev–Trinajstić information content (AvgIpc) is 3.11. The Bertz CT molecular complexity index is 893. The zero-order valence-electron chi connectivity index (χ0n) is 14.2. The quantitative estimate of drug-likeness (QED) is 0.706. The smallest absolute Gasteiger partial charge is 0.351 e. The van der Waals surface area contributed by atoms with Gasteiger partial charge in [-0.1, -0.05) is 20.8 Å². The Morgan fingerprint density at radius 3 is 2.48 bits per heavy atom. The number of rotatable bonds is 3. The molecule has 0 N–H and O–H groups in total. The topological polar surface area (TPSA) is 59.2 Å². The molecule has 3 aromatic rings. The zero-order chi connectivity index (χ0) is 18.4. The van der Waals surface area contributed by atoms with Gasteiger partial charge in [0.15, 0.2) is 17.2 Å². The molecule has 0 atom stereocenters. The van der Waals surface area contributed by atoms with Crippen LogP contribution in [-0.2, 0) is 18.1 Å². The fourth-order valence-electron chi connectivity index (χ4n) is 2.25. The predicted octanol–water partition coefficient (Wildman–Crippen LogP) is 3.53. The number of aromatic nitrogens is 5. The molecule has 134 valence electrons. The first-order chi connectivity index (χ1) is 11.6. The van der Waals surface area contributed by atoms with E-state index < -0.39 is 11.9 Å². The number of hydrogen-bond donors (Lipinski definition) is 0. The summed E-state index contributed by atoms with van der Waals surface area (Å²) in [5, 5.41) is 14.2. The molecule has 0 aliphatic heterocycles. The second-order valence-corrected chi connectivity index (χ2v) is 7.66. The fraction of sp³-hybridized carbons (Fsp3) is 0.467. The predicted molar refractivity (Wildman–Crippen MR) is 88.7 cm³/mol. The lowest BCUT2D eigenvalue weighted by Gasteiger charge is -2.18. The van der Waals surface area contributed by atoms with Gasteiger partial charge in [-0.2, -0.15) is 17.7 Å². The Hall–Kier alpha value is -2.23. The Balaban J connectivity index is 1.87. The molecule has 3 aromatic heterocycles. The lowest BCUT2D eigenvalue weighted by atomic mass is 9.96. The normalized spacial score (nSPS) is 12.8. The molecular weight excluding hydrogens is 353 g/mol. The van der Waals surface area contributed by atoms with E-state index in [1.807, 2.05) is 20.8 Å². The van der Waals surface area contributed by atoms with Crippen molar-refractivity contribution in [2.24, 2.45) is 0 Å². The van der Waals surface area contributed by atoms with Gasteiger partial charge in [0.25, 0.3) is 0 Å². The van der Waals surface area contributed by atoms with Gasteiger partial charge >= 0.3 is 6.18 Å². The number of hydrogen-bond acceptors (Lipinski definition) is 6. The van der Waals surface area contributed by atoms with Crippen molar-refractivity contribution in [2.75, 3.05) is 11.9 Å². The van der Waals surface area contributed by atoms with Crippen LogP contribution in [0.15, 0.2) is 17.5 Å². The van der Waals surface area contributed by atoms with E-state index in [1.54, 1.807) is 28.6 Å². The molecule has 0 bridgehead atoms. The molecule has 0 saturated carbocycles. The van der Waals surface area contributed by atoms with Crippen LogP contribution in [0.2, 0.25) is 0 Å². The fourth-order valence-corrected chi connectivity index (χ4v) is 3.10. The molecule has 0 fully saturated rings. The van der Waals surface area contributed by atoms with Gasteiger partial charge in [0, 0.05) is 17.8 Å². The SMILES string of the molecule is CN(Cc1nc(C(F)(F)F)cs1)c1ccc2nnc(C(C)(C)C)n2n1. The van der Waals surface area contributed by atoms with Crippen LogP contribution in [0.25, 0.3) is 5.65 Å². The summed E-state index contributed by atoms with van der Waals surface area (Å²) in [7, 11) is 1.75. The summed E-state index contributed by atoms with van der Waals surface area (Å²) < 4.78 is 39.6. The maximum absolute atomic E-state index is 12.7. The van der Waals surface area contributed by atoms with Gasteiger partial charge in [-0.25, -0.2) is 4.98 Å². The van der Waals surface area contributed by atoms with E-state index in [0.29, 0.717) is 22.3 Å². The molecule has 0 spiro atoms. The van der Waals surface area contributed by atoms with E-state index in [-0.39, 0.29) is 12.0 Å². The van der Waals surface area contributed by atoms with E-state index in [9.17, 15) is 13.2 Å². The van der Waals surface area contributed by atoms with Crippen LogP contribution in [0.1, 0.15) is 37.3 Å². The second-order valence-electron chi connectivity index (χ2n) is 6.72. The highest BCUT2D eigenvalue weighted by molar-refractivity contribution is 7.09. The Labute approximate surface area is 146 Å². The summed E-state index contributed by atoms with van der Waals surface area (Å²) in [6, 6.07) is 3.54. The third-order valence-electron chi connectivity index (χ3n) is 3.53. The van der Waals surface area contributed by atoms with E-state index in [4.69, 9.17) is 0 Å². The first-order valence-corrected chi connectivity index (χ1v) is 8.39. The van der Waals surface area contributed by atoms with Gasteiger partial charge in [0.2, 0.25) is 0 Å². The molecule has 0 saturated heterocycles. The number of halogens is 3.